The van der Waals surface area contributed by atoms with Crippen molar-refractivity contribution in [2.45, 2.75) is 0 Å². The van der Waals surface area contributed by atoms with Gasteiger partial charge in [0.2, 0.25) is 0 Å². The average molecular weight is 741 g/mol. The van der Waals surface area contributed by atoms with Gasteiger partial charge in [0.1, 0.15) is 17.5 Å². The summed E-state index contributed by atoms with van der Waals surface area (Å²) in [7, 11) is 0. The van der Waals surface area contributed by atoms with Crippen LogP contribution in [-0.2, 0) is 20.4 Å². The Bertz CT molecular complexity index is 1960. The first-order valence-electron chi connectivity index (χ1n) is 15.0. The second-order valence-electron chi connectivity index (χ2n) is 10.5. The summed E-state index contributed by atoms with van der Waals surface area (Å²) in [6.07, 6.45) is 3.10. The van der Waals surface area contributed by atoms with E-state index in [1.165, 1.54) is 12.3 Å². The zero-order chi connectivity index (χ0) is 32.9. The number of anilines is 6. The largest absolute Gasteiger partial charge is 2.00 e. The smallest absolute Gasteiger partial charge is 0.500 e. The molecule has 9 heteroatoms. The Morgan fingerprint density at radius 2 is 1.06 bits per heavy atom. The van der Waals surface area contributed by atoms with Crippen LogP contribution >= 0.6 is 0 Å². The summed E-state index contributed by atoms with van der Waals surface area (Å²) in [6, 6.07) is 48.5. The second kappa shape index (κ2) is 15.0. The van der Waals surface area contributed by atoms with E-state index in [1.54, 1.807) is 24.4 Å². The molecule has 5 nitrogen and oxygen atoms in total. The number of hydrogen-bond donors (Lipinski definition) is 0. The molecule has 7 aromatic rings. The Kier molecular flexibility index (Phi) is 10.1. The maximum atomic E-state index is 15.4. The van der Waals surface area contributed by atoms with Crippen molar-refractivity contribution < 1.29 is 38.3 Å². The Labute approximate surface area is 295 Å². The molecule has 0 spiro atoms. The van der Waals surface area contributed by atoms with Gasteiger partial charge in [-0.2, -0.15) is 0 Å². The van der Waals surface area contributed by atoms with Gasteiger partial charge in [0.25, 0.3) is 0 Å². The van der Waals surface area contributed by atoms with Crippen LogP contribution in [0.15, 0.2) is 152 Å². The standard InChI is InChI=1S/C40H25F3N4O.Pd/c41-38-34(35-20-10-12-22-44-35)27-36(39(42)40(38)43)48-33-25-31(46(28-14-4-1-5-15-28)29-16-6-2-7-17-29)24-32(26-33)47(30-18-8-3-9-19-30)37-21-11-13-23-45-37;/h1-25H;/q-2;+2. The molecule has 49 heavy (non-hydrogen) atoms. The summed E-state index contributed by atoms with van der Waals surface area (Å²) in [5.41, 5.74) is 3.23. The molecule has 2 heterocycles. The van der Waals surface area contributed by atoms with Crippen molar-refractivity contribution in [3.63, 3.8) is 0 Å². The molecule has 0 saturated carbocycles. The van der Waals surface area contributed by atoms with Crippen molar-refractivity contribution in [1.29, 1.82) is 0 Å². The summed E-state index contributed by atoms with van der Waals surface area (Å²) in [6.45, 7) is 0. The molecule has 0 fully saturated rings. The molecule has 0 N–H and O–H groups in total. The first kappa shape index (κ1) is 33.2. The van der Waals surface area contributed by atoms with Crippen LogP contribution in [0, 0.1) is 29.6 Å². The normalized spacial score (nSPS) is 10.6. The zero-order valence-electron chi connectivity index (χ0n) is 25.6. The predicted octanol–water partition coefficient (Wildman–Crippen LogP) is 10.9. The Morgan fingerprint density at radius 3 is 1.61 bits per heavy atom. The van der Waals surface area contributed by atoms with E-state index in [-0.39, 0.29) is 37.4 Å². The van der Waals surface area contributed by atoms with Gasteiger partial charge in [-0.3, -0.25) is 8.78 Å². The molecule has 0 aliphatic carbocycles. The van der Waals surface area contributed by atoms with Gasteiger partial charge in [-0.05, 0) is 60.3 Å². The summed E-state index contributed by atoms with van der Waals surface area (Å²) in [5, 5.41) is 0. The number of hydrogen-bond acceptors (Lipinski definition) is 5. The number of halogens is 3. The number of pyridine rings is 2. The van der Waals surface area contributed by atoms with Crippen LogP contribution in [0.25, 0.3) is 11.3 Å². The number of ether oxygens (including phenoxy) is 1. The van der Waals surface area contributed by atoms with Gasteiger partial charge in [0.05, 0.1) is 11.6 Å². The third-order valence-electron chi connectivity index (χ3n) is 7.41. The number of rotatable bonds is 9. The number of nitrogens with zero attached hydrogens (tertiary/aromatic N) is 4. The van der Waals surface area contributed by atoms with Crippen molar-refractivity contribution in [3.8, 4) is 22.8 Å². The Balaban J connectivity index is 0.00000417. The molecule has 0 atom stereocenters. The SMILES string of the molecule is Fc1c(Oc2[c-]c(N(c3ccccc3)c3ccccn3)cc(N(c3ccccc3)c3ccccc3)c2)[c-]c(-c2ccccn2)c(F)c1F.[Pd+2]. The predicted molar refractivity (Wildman–Crippen MR) is 181 cm³/mol. The fourth-order valence-corrected chi connectivity index (χ4v) is 5.27. The zero-order valence-corrected chi connectivity index (χ0v) is 27.1. The molecule has 0 aliphatic rings. The monoisotopic (exact) mass is 740 g/mol. The van der Waals surface area contributed by atoms with E-state index in [9.17, 15) is 4.39 Å². The Hall–Kier alpha value is -5.75. The van der Waals surface area contributed by atoms with Crippen LogP contribution in [0.1, 0.15) is 0 Å². The van der Waals surface area contributed by atoms with E-state index in [0.717, 1.165) is 17.1 Å². The minimum absolute atomic E-state index is 0. The average Bonchev–Trinajstić information content (AvgIpc) is 3.14. The van der Waals surface area contributed by atoms with E-state index in [0.29, 0.717) is 17.2 Å². The molecule has 2 aromatic heterocycles. The molecule has 5 aromatic carbocycles. The number of benzene rings is 5. The fraction of sp³-hybridized carbons (Fsp3) is 0. The van der Waals surface area contributed by atoms with E-state index >= 15 is 8.78 Å². The maximum absolute atomic E-state index is 15.4. The Morgan fingerprint density at radius 1 is 0.510 bits per heavy atom. The summed E-state index contributed by atoms with van der Waals surface area (Å²) in [5.74, 6) is -4.69. The van der Waals surface area contributed by atoms with Crippen LogP contribution in [0.4, 0.5) is 47.4 Å². The fourth-order valence-electron chi connectivity index (χ4n) is 5.27. The number of para-hydroxylation sites is 3. The van der Waals surface area contributed by atoms with Crippen LogP contribution in [0.5, 0.6) is 11.5 Å². The van der Waals surface area contributed by atoms with Gasteiger partial charge >= 0.3 is 20.4 Å². The van der Waals surface area contributed by atoms with Crippen molar-refractivity contribution >= 4 is 34.3 Å². The first-order valence-corrected chi connectivity index (χ1v) is 15.0. The van der Waals surface area contributed by atoms with E-state index < -0.39 is 23.2 Å². The maximum Gasteiger partial charge on any atom is 2.00 e. The summed E-state index contributed by atoms with van der Waals surface area (Å²) in [4.78, 5) is 12.6. The quantitative estimate of drug-likeness (QED) is 0.0837. The van der Waals surface area contributed by atoms with Gasteiger partial charge in [-0.1, -0.05) is 95.8 Å². The molecule has 0 unspecified atom stereocenters. The van der Waals surface area contributed by atoms with Crippen LogP contribution in [0.2, 0.25) is 0 Å². The van der Waals surface area contributed by atoms with E-state index in [4.69, 9.17) is 4.74 Å². The summed E-state index contributed by atoms with van der Waals surface area (Å²) >= 11 is 0. The topological polar surface area (TPSA) is 41.5 Å². The minimum atomic E-state index is -1.70. The molecule has 0 radical (unpaired) electrons. The second-order valence-corrected chi connectivity index (χ2v) is 10.5. The third-order valence-corrected chi connectivity index (χ3v) is 7.41. The van der Waals surface area contributed by atoms with Gasteiger partial charge < -0.3 is 19.5 Å². The van der Waals surface area contributed by atoms with Crippen LogP contribution < -0.4 is 14.5 Å². The molecular formula is C40H25F3N4OPd. The van der Waals surface area contributed by atoms with Crippen molar-refractivity contribution in [3.05, 3.63) is 182 Å². The van der Waals surface area contributed by atoms with E-state index in [2.05, 4.69) is 22.1 Å². The van der Waals surface area contributed by atoms with Crippen molar-refractivity contribution in [2.24, 2.45) is 0 Å². The van der Waals surface area contributed by atoms with Gasteiger partial charge in [-0.15, -0.1) is 18.2 Å². The molecule has 242 valence electrons. The summed E-state index contributed by atoms with van der Waals surface area (Å²) < 4.78 is 51.4. The van der Waals surface area contributed by atoms with E-state index in [1.807, 2.05) is 125 Å². The molecular weight excluding hydrogens is 716 g/mol. The first-order chi connectivity index (χ1) is 23.6. The molecule has 0 saturated heterocycles. The molecule has 7 rings (SSSR count). The molecule has 0 bridgehead atoms. The van der Waals surface area contributed by atoms with Gasteiger partial charge in [-0.25, -0.2) is 9.37 Å². The van der Waals surface area contributed by atoms with Crippen LogP contribution in [0.3, 0.4) is 0 Å². The molecule has 0 aliphatic heterocycles. The molecule has 0 amide bonds. The van der Waals surface area contributed by atoms with Gasteiger partial charge in [0, 0.05) is 35.2 Å². The third kappa shape index (κ3) is 7.09. The van der Waals surface area contributed by atoms with Crippen molar-refractivity contribution in [1.82, 2.24) is 9.97 Å². The van der Waals surface area contributed by atoms with Gasteiger partial charge in [0.15, 0.2) is 0 Å². The number of aromatic nitrogens is 2. The minimum Gasteiger partial charge on any atom is -0.500 e. The van der Waals surface area contributed by atoms with Crippen LogP contribution in [-0.4, -0.2) is 9.97 Å². The van der Waals surface area contributed by atoms with Crippen molar-refractivity contribution in [2.75, 3.05) is 9.80 Å².